The molecule has 1 fully saturated rings. The molecule has 0 heterocycles. The number of nitrogens with zero attached hydrogens (tertiary/aromatic N) is 2. The lowest BCUT2D eigenvalue weighted by molar-refractivity contribution is -0.138. The van der Waals surface area contributed by atoms with Crippen molar-refractivity contribution < 1.29 is 13.2 Å². The van der Waals surface area contributed by atoms with E-state index in [0.29, 0.717) is 18.7 Å². The fourth-order valence-corrected chi connectivity index (χ4v) is 2.69. The zero-order valence-corrected chi connectivity index (χ0v) is 12.3. The summed E-state index contributed by atoms with van der Waals surface area (Å²) in [6.45, 7) is 0.478. The Labute approximate surface area is 124 Å². The summed E-state index contributed by atoms with van der Waals surface area (Å²) in [4.78, 5) is 1.91. The maximum atomic E-state index is 13.1. The summed E-state index contributed by atoms with van der Waals surface area (Å²) in [5.41, 5.74) is 0.187. The average Bonchev–Trinajstić information content (AvgIpc) is 3.22. The molecule has 2 rings (SSSR count). The van der Waals surface area contributed by atoms with E-state index < -0.39 is 11.7 Å². The Morgan fingerprint density at radius 2 is 2.05 bits per heavy atom. The van der Waals surface area contributed by atoms with Gasteiger partial charge in [0.2, 0.25) is 0 Å². The quantitative estimate of drug-likeness (QED) is 0.735. The number of hydrogen-bond donors (Lipinski definition) is 0. The number of anilines is 1. The van der Waals surface area contributed by atoms with Crippen LogP contribution >= 0.6 is 15.9 Å². The van der Waals surface area contributed by atoms with Gasteiger partial charge in [-0.05, 0) is 30.5 Å². The summed E-state index contributed by atoms with van der Waals surface area (Å²) in [5, 5.41) is 8.84. The standard InChI is InChI=1S/C14H14BrF3N2/c15-9-10-2-3-12(8-13(10)14(16,17)18)20(7-1-6-19)11-4-5-11/h2-3,8,11H,1,4-5,7,9H2. The molecule has 0 aliphatic heterocycles. The Bertz CT molecular complexity index is 518. The van der Waals surface area contributed by atoms with Crippen LogP contribution in [0.2, 0.25) is 0 Å². The van der Waals surface area contributed by atoms with Crippen LogP contribution in [-0.2, 0) is 11.5 Å². The molecule has 0 saturated heterocycles. The first-order valence-electron chi connectivity index (χ1n) is 6.37. The van der Waals surface area contributed by atoms with Crippen molar-refractivity contribution in [1.29, 1.82) is 5.26 Å². The zero-order valence-electron chi connectivity index (χ0n) is 10.8. The predicted molar refractivity (Wildman–Crippen MR) is 74.7 cm³/mol. The average molecular weight is 347 g/mol. The third-order valence-corrected chi connectivity index (χ3v) is 3.93. The topological polar surface area (TPSA) is 27.0 Å². The molecule has 0 unspecified atom stereocenters. The van der Waals surface area contributed by atoms with Crippen LogP contribution in [0, 0.1) is 11.3 Å². The Morgan fingerprint density at radius 3 is 2.55 bits per heavy atom. The molecule has 1 aromatic carbocycles. The maximum Gasteiger partial charge on any atom is 0.416 e. The van der Waals surface area contributed by atoms with Crippen molar-refractivity contribution in [3.8, 4) is 6.07 Å². The first kappa shape index (κ1) is 15.2. The number of halogens is 4. The second kappa shape index (κ2) is 6.04. The molecule has 0 bridgehead atoms. The van der Waals surface area contributed by atoms with E-state index in [4.69, 9.17) is 5.26 Å². The van der Waals surface area contributed by atoms with Gasteiger partial charge in [-0.3, -0.25) is 0 Å². The lowest BCUT2D eigenvalue weighted by Crippen LogP contribution is -2.27. The van der Waals surface area contributed by atoms with E-state index in [0.717, 1.165) is 12.8 Å². The van der Waals surface area contributed by atoms with Crippen LogP contribution in [0.4, 0.5) is 18.9 Å². The molecule has 0 radical (unpaired) electrons. The highest BCUT2D eigenvalue weighted by atomic mass is 79.9. The van der Waals surface area contributed by atoms with E-state index in [-0.39, 0.29) is 16.9 Å². The molecule has 0 spiro atoms. The van der Waals surface area contributed by atoms with Crippen LogP contribution in [0.25, 0.3) is 0 Å². The fourth-order valence-electron chi connectivity index (χ4n) is 2.20. The number of rotatable bonds is 5. The molecule has 1 aliphatic rings. The molecule has 6 heteroatoms. The van der Waals surface area contributed by atoms with Crippen LogP contribution in [0.5, 0.6) is 0 Å². The molecule has 20 heavy (non-hydrogen) atoms. The first-order chi connectivity index (χ1) is 9.47. The SMILES string of the molecule is N#CCCN(c1ccc(CBr)c(C(F)(F)F)c1)C1CC1. The van der Waals surface area contributed by atoms with Crippen LogP contribution in [-0.4, -0.2) is 12.6 Å². The van der Waals surface area contributed by atoms with Gasteiger partial charge in [0, 0.05) is 23.6 Å². The van der Waals surface area contributed by atoms with Crippen LogP contribution < -0.4 is 4.90 Å². The van der Waals surface area contributed by atoms with Gasteiger partial charge in [0.05, 0.1) is 18.1 Å². The molecule has 1 aromatic rings. The van der Waals surface area contributed by atoms with Crippen LogP contribution in [0.3, 0.4) is 0 Å². The minimum Gasteiger partial charge on any atom is -0.368 e. The van der Waals surface area contributed by atoms with Gasteiger partial charge in [0.15, 0.2) is 0 Å². The third-order valence-electron chi connectivity index (χ3n) is 3.33. The minimum atomic E-state index is -4.36. The van der Waals surface area contributed by atoms with Crippen molar-refractivity contribution in [1.82, 2.24) is 0 Å². The molecule has 0 aromatic heterocycles. The summed E-state index contributed by atoms with van der Waals surface area (Å²) in [6, 6.07) is 6.74. The number of hydrogen-bond acceptors (Lipinski definition) is 2. The van der Waals surface area contributed by atoms with Gasteiger partial charge in [0.1, 0.15) is 0 Å². The van der Waals surface area contributed by atoms with E-state index in [2.05, 4.69) is 15.9 Å². The smallest absolute Gasteiger partial charge is 0.368 e. The molecular weight excluding hydrogens is 333 g/mol. The minimum absolute atomic E-state index is 0.170. The van der Waals surface area contributed by atoms with Gasteiger partial charge < -0.3 is 4.90 Å². The van der Waals surface area contributed by atoms with Crippen molar-refractivity contribution in [2.75, 3.05) is 11.4 Å². The molecule has 0 amide bonds. The summed E-state index contributed by atoms with van der Waals surface area (Å²) >= 11 is 3.09. The highest BCUT2D eigenvalue weighted by Gasteiger charge is 2.35. The van der Waals surface area contributed by atoms with E-state index in [9.17, 15) is 13.2 Å². The van der Waals surface area contributed by atoms with Gasteiger partial charge in [-0.25, -0.2) is 0 Å². The Kier molecular flexibility index (Phi) is 4.59. The first-order valence-corrected chi connectivity index (χ1v) is 7.49. The normalized spacial score (nSPS) is 14.9. The molecule has 1 saturated carbocycles. The second-order valence-electron chi connectivity index (χ2n) is 4.81. The van der Waals surface area contributed by atoms with E-state index in [1.165, 1.54) is 12.1 Å². The highest BCUT2D eigenvalue weighted by Crippen LogP contribution is 2.38. The van der Waals surface area contributed by atoms with Crippen LogP contribution in [0.1, 0.15) is 30.4 Å². The Balaban J connectivity index is 2.33. The van der Waals surface area contributed by atoms with E-state index >= 15 is 0 Å². The van der Waals surface area contributed by atoms with Gasteiger partial charge in [0.25, 0.3) is 0 Å². The van der Waals surface area contributed by atoms with E-state index in [1.54, 1.807) is 6.07 Å². The van der Waals surface area contributed by atoms with E-state index in [1.807, 2.05) is 11.0 Å². The molecule has 0 N–H and O–H groups in total. The summed E-state index contributed by atoms with van der Waals surface area (Å²) in [7, 11) is 0. The third kappa shape index (κ3) is 3.45. The molecule has 108 valence electrons. The number of nitriles is 1. The summed E-state index contributed by atoms with van der Waals surface area (Å²) < 4.78 is 39.2. The lowest BCUT2D eigenvalue weighted by atomic mass is 10.1. The van der Waals surface area contributed by atoms with Gasteiger partial charge in [-0.1, -0.05) is 22.0 Å². The molecule has 0 atom stereocenters. The molecule has 2 nitrogen and oxygen atoms in total. The van der Waals surface area contributed by atoms with Gasteiger partial charge >= 0.3 is 6.18 Å². The largest absolute Gasteiger partial charge is 0.416 e. The monoisotopic (exact) mass is 346 g/mol. The fraction of sp³-hybridized carbons (Fsp3) is 0.500. The van der Waals surface area contributed by atoms with Crippen molar-refractivity contribution in [3.05, 3.63) is 29.3 Å². The maximum absolute atomic E-state index is 13.1. The Hall–Kier alpha value is -1.22. The van der Waals surface area contributed by atoms with Crippen molar-refractivity contribution >= 4 is 21.6 Å². The predicted octanol–water partition coefficient (Wildman–Crippen LogP) is 4.48. The number of alkyl halides is 4. The van der Waals surface area contributed by atoms with Crippen molar-refractivity contribution in [2.45, 2.75) is 36.8 Å². The highest BCUT2D eigenvalue weighted by molar-refractivity contribution is 9.08. The number of benzene rings is 1. The van der Waals surface area contributed by atoms with Gasteiger partial charge in [-0.15, -0.1) is 0 Å². The zero-order chi connectivity index (χ0) is 14.8. The Morgan fingerprint density at radius 1 is 1.35 bits per heavy atom. The van der Waals surface area contributed by atoms with Gasteiger partial charge in [-0.2, -0.15) is 18.4 Å². The second-order valence-corrected chi connectivity index (χ2v) is 5.37. The molecular formula is C14H14BrF3N2. The van der Waals surface area contributed by atoms with Crippen molar-refractivity contribution in [2.24, 2.45) is 0 Å². The van der Waals surface area contributed by atoms with Crippen molar-refractivity contribution in [3.63, 3.8) is 0 Å². The molecule has 1 aliphatic carbocycles. The summed E-state index contributed by atoms with van der Waals surface area (Å²) in [5.74, 6) is 0. The van der Waals surface area contributed by atoms with Crippen LogP contribution in [0.15, 0.2) is 18.2 Å². The summed E-state index contributed by atoms with van der Waals surface area (Å²) in [6.07, 6.45) is -2.08. The lowest BCUT2D eigenvalue weighted by Gasteiger charge is -2.25.